The van der Waals surface area contributed by atoms with Crippen LogP contribution in [0.5, 0.6) is 0 Å². The number of ether oxygens (including phenoxy) is 1. The summed E-state index contributed by atoms with van der Waals surface area (Å²) < 4.78 is 17.6. The van der Waals surface area contributed by atoms with E-state index < -0.39 is 24.4 Å². The van der Waals surface area contributed by atoms with Crippen LogP contribution in [-0.4, -0.2) is 37.0 Å². The second-order valence-electron chi connectivity index (χ2n) is 8.52. The molecule has 8 heteroatoms. The molecule has 1 aliphatic heterocycles. The zero-order valence-electron chi connectivity index (χ0n) is 18.8. The molecule has 1 amide bonds. The van der Waals surface area contributed by atoms with Crippen LogP contribution in [0.3, 0.4) is 0 Å². The molecule has 166 valence electrons. The molecule has 1 N–H and O–H groups in total. The summed E-state index contributed by atoms with van der Waals surface area (Å²) in [6.45, 7) is 8.24. The van der Waals surface area contributed by atoms with E-state index in [0.717, 1.165) is 16.6 Å². The number of aliphatic imine (C=N–C) groups is 1. The Morgan fingerprint density at radius 3 is 2.28 bits per heavy atom. The maximum atomic E-state index is 12.3. The Kier molecular flexibility index (Phi) is 7.31. The van der Waals surface area contributed by atoms with E-state index in [1.54, 1.807) is 12.1 Å². The van der Waals surface area contributed by atoms with Crippen molar-refractivity contribution >= 4 is 31.1 Å². The molecule has 1 heterocycles. The van der Waals surface area contributed by atoms with Gasteiger partial charge in [-0.05, 0) is 56.4 Å². The molecule has 32 heavy (non-hydrogen) atoms. The molecule has 0 atom stereocenters. The molecule has 0 saturated carbocycles. The van der Waals surface area contributed by atoms with Crippen LogP contribution >= 0.6 is 0 Å². The number of rotatable bonds is 7. The number of isocyanates is 1. The average molecular weight is 434 g/mol. The highest BCUT2D eigenvalue weighted by Gasteiger charge is 2.52. The standard InChI is InChI=1S/C24H27BN2O5/c1-23(2)24(3,4)32-25(31-23)20(14-18-10-12-21(13-11-18)27-17-28)15-26-22(29)30-16-19-8-6-5-7-9-19/h5-14H,15-16H2,1-4H3,(H,26,29). The molecule has 2 aromatic rings. The molecule has 2 aromatic carbocycles. The zero-order valence-corrected chi connectivity index (χ0v) is 18.8. The summed E-state index contributed by atoms with van der Waals surface area (Å²) in [6.07, 6.45) is 2.87. The number of benzene rings is 2. The molecule has 1 fully saturated rings. The summed E-state index contributed by atoms with van der Waals surface area (Å²) >= 11 is 0. The Morgan fingerprint density at radius 1 is 1.06 bits per heavy atom. The summed E-state index contributed by atoms with van der Waals surface area (Å²) in [7, 11) is -0.637. The van der Waals surface area contributed by atoms with Gasteiger partial charge in [-0.1, -0.05) is 48.5 Å². The molecule has 0 aliphatic carbocycles. The quantitative estimate of drug-likeness (QED) is 0.391. The van der Waals surface area contributed by atoms with Gasteiger partial charge in [-0.3, -0.25) is 0 Å². The lowest BCUT2D eigenvalue weighted by molar-refractivity contribution is 0.00578. The molecule has 0 spiro atoms. The third kappa shape index (κ3) is 5.95. The summed E-state index contributed by atoms with van der Waals surface area (Å²) in [5, 5.41) is 2.78. The van der Waals surface area contributed by atoms with Crippen molar-refractivity contribution in [1.82, 2.24) is 5.32 Å². The van der Waals surface area contributed by atoms with Crippen LogP contribution in [0.1, 0.15) is 38.8 Å². The summed E-state index contributed by atoms with van der Waals surface area (Å²) in [6, 6.07) is 16.5. The van der Waals surface area contributed by atoms with Crippen LogP contribution in [0.4, 0.5) is 10.5 Å². The number of carbonyl (C=O) groups is 1. The van der Waals surface area contributed by atoms with Crippen molar-refractivity contribution in [3.05, 3.63) is 71.2 Å². The van der Waals surface area contributed by atoms with E-state index in [-0.39, 0.29) is 13.2 Å². The molecule has 7 nitrogen and oxygen atoms in total. The Morgan fingerprint density at radius 2 is 1.69 bits per heavy atom. The average Bonchev–Trinajstić information content (AvgIpc) is 2.98. The van der Waals surface area contributed by atoms with E-state index in [1.807, 2.05) is 76.2 Å². The minimum atomic E-state index is -0.637. The molecule has 1 aliphatic rings. The Balaban J connectivity index is 1.73. The molecule has 3 rings (SSSR count). The highest BCUT2D eigenvalue weighted by molar-refractivity contribution is 6.56. The van der Waals surface area contributed by atoms with E-state index in [0.29, 0.717) is 5.69 Å². The molecule has 0 unspecified atom stereocenters. The fraction of sp³-hybridized carbons (Fsp3) is 0.333. The first kappa shape index (κ1) is 23.5. The Labute approximate surface area is 188 Å². The smallest absolute Gasteiger partial charge is 0.445 e. The number of hydrogen-bond acceptors (Lipinski definition) is 6. The lowest BCUT2D eigenvalue weighted by Gasteiger charge is -2.32. The van der Waals surface area contributed by atoms with Gasteiger partial charge in [-0.25, -0.2) is 9.59 Å². The lowest BCUT2D eigenvalue weighted by atomic mass is 9.77. The Bertz CT molecular complexity index is 996. The van der Waals surface area contributed by atoms with E-state index in [4.69, 9.17) is 14.0 Å². The number of hydrogen-bond donors (Lipinski definition) is 1. The summed E-state index contributed by atoms with van der Waals surface area (Å²) in [5.74, 6) is 0. The van der Waals surface area contributed by atoms with Crippen LogP contribution in [-0.2, 0) is 25.4 Å². The van der Waals surface area contributed by atoms with E-state index >= 15 is 0 Å². The fourth-order valence-electron chi connectivity index (χ4n) is 3.06. The maximum Gasteiger partial charge on any atom is 0.492 e. The summed E-state index contributed by atoms with van der Waals surface area (Å²) in [5.41, 5.74) is 1.95. The first-order chi connectivity index (χ1) is 15.2. The van der Waals surface area contributed by atoms with Gasteiger partial charge in [0.15, 0.2) is 0 Å². The second kappa shape index (κ2) is 9.96. The minimum Gasteiger partial charge on any atom is -0.445 e. The SMILES string of the molecule is CC1(C)OB(C(=Cc2ccc(N=C=O)cc2)CNC(=O)OCc2ccccc2)OC1(C)C. The van der Waals surface area contributed by atoms with E-state index in [2.05, 4.69) is 10.3 Å². The second-order valence-corrected chi connectivity index (χ2v) is 8.52. The van der Waals surface area contributed by atoms with Gasteiger partial charge in [0, 0.05) is 6.54 Å². The van der Waals surface area contributed by atoms with Crippen LogP contribution in [0.2, 0.25) is 0 Å². The lowest BCUT2D eigenvalue weighted by Crippen LogP contribution is -2.41. The van der Waals surface area contributed by atoms with Gasteiger partial charge >= 0.3 is 13.2 Å². The molecular formula is C24H27BN2O5. The normalized spacial score (nSPS) is 16.9. The fourth-order valence-corrected chi connectivity index (χ4v) is 3.06. The number of carbonyl (C=O) groups excluding carboxylic acids is 2. The van der Waals surface area contributed by atoms with Gasteiger partial charge < -0.3 is 19.4 Å². The highest BCUT2D eigenvalue weighted by Crippen LogP contribution is 2.38. The van der Waals surface area contributed by atoms with Gasteiger partial charge in [0.1, 0.15) is 6.61 Å². The molecule has 0 aromatic heterocycles. The molecule has 0 radical (unpaired) electrons. The van der Waals surface area contributed by atoms with Crippen LogP contribution in [0.25, 0.3) is 6.08 Å². The van der Waals surface area contributed by atoms with Gasteiger partial charge in [0.2, 0.25) is 6.08 Å². The number of nitrogens with zero attached hydrogens (tertiary/aromatic N) is 1. The molecule has 0 bridgehead atoms. The topological polar surface area (TPSA) is 86.2 Å². The van der Waals surface area contributed by atoms with Gasteiger partial charge in [0.05, 0.1) is 16.9 Å². The van der Waals surface area contributed by atoms with Crippen molar-refractivity contribution in [3.8, 4) is 0 Å². The van der Waals surface area contributed by atoms with Crippen molar-refractivity contribution in [2.45, 2.75) is 45.5 Å². The summed E-state index contributed by atoms with van der Waals surface area (Å²) in [4.78, 5) is 26.3. The minimum absolute atomic E-state index is 0.179. The van der Waals surface area contributed by atoms with Crippen molar-refractivity contribution in [2.75, 3.05) is 6.54 Å². The first-order valence-corrected chi connectivity index (χ1v) is 10.4. The van der Waals surface area contributed by atoms with Crippen LogP contribution in [0, 0.1) is 0 Å². The maximum absolute atomic E-state index is 12.3. The monoisotopic (exact) mass is 434 g/mol. The highest BCUT2D eigenvalue weighted by atomic mass is 16.7. The third-order valence-electron chi connectivity index (χ3n) is 5.63. The van der Waals surface area contributed by atoms with E-state index in [9.17, 15) is 9.59 Å². The predicted molar refractivity (Wildman–Crippen MR) is 123 cm³/mol. The largest absolute Gasteiger partial charge is 0.492 e. The van der Waals surface area contributed by atoms with Crippen molar-refractivity contribution in [2.24, 2.45) is 4.99 Å². The molecule has 1 saturated heterocycles. The predicted octanol–water partition coefficient (Wildman–Crippen LogP) is 4.60. The van der Waals surface area contributed by atoms with Crippen molar-refractivity contribution < 1.29 is 23.6 Å². The zero-order chi connectivity index (χ0) is 23.2. The van der Waals surface area contributed by atoms with Gasteiger partial charge in [0.25, 0.3) is 0 Å². The van der Waals surface area contributed by atoms with E-state index in [1.165, 1.54) is 6.08 Å². The van der Waals surface area contributed by atoms with Gasteiger partial charge in [-0.15, -0.1) is 0 Å². The van der Waals surface area contributed by atoms with Crippen LogP contribution < -0.4 is 5.32 Å². The van der Waals surface area contributed by atoms with Crippen LogP contribution in [0.15, 0.2) is 65.1 Å². The Hall–Kier alpha value is -3.19. The molecular weight excluding hydrogens is 407 g/mol. The van der Waals surface area contributed by atoms with Crippen molar-refractivity contribution in [1.29, 1.82) is 0 Å². The first-order valence-electron chi connectivity index (χ1n) is 10.4. The third-order valence-corrected chi connectivity index (χ3v) is 5.63. The van der Waals surface area contributed by atoms with Gasteiger partial charge in [-0.2, -0.15) is 4.99 Å². The number of alkyl carbamates (subject to hydrolysis) is 1. The van der Waals surface area contributed by atoms with Crippen molar-refractivity contribution in [3.63, 3.8) is 0 Å². The number of nitrogens with one attached hydrogen (secondary N) is 1. The number of amides is 1.